The van der Waals surface area contributed by atoms with Gasteiger partial charge in [-0.1, -0.05) is 12.1 Å². The van der Waals surface area contributed by atoms with Crippen molar-refractivity contribution in [2.24, 2.45) is 5.73 Å². The third-order valence-electron chi connectivity index (χ3n) is 1.55. The number of rotatable bonds is 3. The molecule has 0 radical (unpaired) electrons. The number of carbonyl (C=O) groups excluding carboxylic acids is 1. The summed E-state index contributed by atoms with van der Waals surface area (Å²) in [4.78, 5) is 10.8. The molecule has 90 valence electrons. The molecule has 1 aromatic carbocycles. The Labute approximate surface area is 100 Å². The fourth-order valence-corrected chi connectivity index (χ4v) is 1.09. The van der Waals surface area contributed by atoms with E-state index in [-0.39, 0.29) is 18.2 Å². The van der Waals surface area contributed by atoms with Crippen LogP contribution >= 0.6 is 12.4 Å². The first kappa shape index (κ1) is 14.7. The summed E-state index contributed by atoms with van der Waals surface area (Å²) in [6.07, 6.45) is -1.04. The number of halogens is 1. The highest BCUT2D eigenvalue weighted by Gasteiger charge is 2.03. The van der Waals surface area contributed by atoms with E-state index < -0.39 is 17.0 Å². The third-order valence-corrected chi connectivity index (χ3v) is 1.92. The monoisotopic (exact) mass is 266 g/mol. The zero-order chi connectivity index (χ0) is 11.3. The zero-order valence-electron chi connectivity index (χ0n) is 8.08. The van der Waals surface area contributed by atoms with Crippen LogP contribution in [0.1, 0.15) is 5.56 Å². The van der Waals surface area contributed by atoms with Gasteiger partial charge >= 0.3 is 6.09 Å². The number of carbonyl (C=O) groups is 1. The molecule has 0 spiro atoms. The smallest absolute Gasteiger partial charge is 0.410 e. The van der Waals surface area contributed by atoms with Crippen LogP contribution in [0.3, 0.4) is 0 Å². The molecular formula is C8H11ClN2O4S. The molecule has 0 aromatic heterocycles. The molecule has 0 saturated carbocycles. The van der Waals surface area contributed by atoms with Gasteiger partial charge in [0.15, 0.2) is 0 Å². The van der Waals surface area contributed by atoms with Crippen molar-refractivity contribution in [3.05, 3.63) is 29.8 Å². The summed E-state index contributed by atoms with van der Waals surface area (Å²) in [6.45, 7) is 0.388. The van der Waals surface area contributed by atoms with Crippen molar-refractivity contribution in [3.8, 4) is 5.75 Å². The first-order valence-corrected chi connectivity index (χ1v) is 5.21. The molecule has 1 rings (SSSR count). The molecule has 1 amide bonds. The van der Waals surface area contributed by atoms with Crippen molar-refractivity contribution in [2.45, 2.75) is 6.54 Å². The lowest BCUT2D eigenvalue weighted by molar-refractivity contribution is 0.207. The Balaban J connectivity index is 0.00000225. The highest BCUT2D eigenvalue weighted by Crippen LogP contribution is 2.11. The number of hydrogen-bond acceptors (Lipinski definition) is 5. The Morgan fingerprint density at radius 1 is 1.31 bits per heavy atom. The van der Waals surface area contributed by atoms with Gasteiger partial charge in [-0.3, -0.25) is 0 Å². The van der Waals surface area contributed by atoms with Gasteiger partial charge in [0.05, 0.1) is 0 Å². The summed E-state index contributed by atoms with van der Waals surface area (Å²) >= 11 is 0. The third kappa shape index (κ3) is 4.96. The maximum Gasteiger partial charge on any atom is 0.426 e. The van der Waals surface area contributed by atoms with Crippen molar-refractivity contribution in [3.63, 3.8) is 0 Å². The number of nitrogens with two attached hydrogens (primary N) is 1. The maximum absolute atomic E-state index is 10.8. The van der Waals surface area contributed by atoms with E-state index in [4.69, 9.17) is 5.73 Å². The summed E-state index contributed by atoms with van der Waals surface area (Å²) in [7, 11) is -2.99. The van der Waals surface area contributed by atoms with Crippen LogP contribution in [0.4, 0.5) is 4.79 Å². The summed E-state index contributed by atoms with van der Waals surface area (Å²) in [5.41, 5.74) is 6.25. The van der Waals surface area contributed by atoms with Crippen LogP contribution in [0.15, 0.2) is 24.3 Å². The molecule has 0 saturated heterocycles. The standard InChI is InChI=1S/C8H10N2O4S.ClH/c9-5-6-1-3-7(4-2-6)14-8(11)10-15(12)13;/h1-4,15H,5,9H2,(H,10,11,12,13);1H. The Bertz CT molecular complexity index is 411. The lowest BCUT2D eigenvalue weighted by Gasteiger charge is -2.03. The van der Waals surface area contributed by atoms with Crippen LogP contribution in [0, 0.1) is 0 Å². The highest BCUT2D eigenvalue weighted by atomic mass is 35.5. The molecule has 0 aliphatic rings. The second-order valence-electron chi connectivity index (χ2n) is 2.61. The molecular weight excluding hydrogens is 256 g/mol. The van der Waals surface area contributed by atoms with Crippen molar-refractivity contribution in [1.29, 1.82) is 0 Å². The molecule has 6 nitrogen and oxygen atoms in total. The molecule has 16 heavy (non-hydrogen) atoms. The fourth-order valence-electron chi connectivity index (χ4n) is 0.898. The van der Waals surface area contributed by atoms with E-state index in [1.165, 1.54) is 12.1 Å². The zero-order valence-corrected chi connectivity index (χ0v) is 9.79. The highest BCUT2D eigenvalue weighted by molar-refractivity contribution is 7.70. The average Bonchev–Trinajstić information content (AvgIpc) is 2.17. The predicted molar refractivity (Wildman–Crippen MR) is 61.1 cm³/mol. The van der Waals surface area contributed by atoms with Gasteiger partial charge in [-0.2, -0.15) is 0 Å². The van der Waals surface area contributed by atoms with E-state index >= 15 is 0 Å². The summed E-state index contributed by atoms with van der Waals surface area (Å²) in [5.74, 6) is 0.251. The van der Waals surface area contributed by atoms with Crippen molar-refractivity contribution >= 4 is 29.4 Å². The SMILES string of the molecule is Cl.NCc1ccc(OC(=O)N[SH](=O)=O)cc1. The van der Waals surface area contributed by atoms with Crippen molar-refractivity contribution in [2.75, 3.05) is 0 Å². The summed E-state index contributed by atoms with van der Waals surface area (Å²) in [5, 5.41) is 0. The van der Waals surface area contributed by atoms with Crippen LogP contribution < -0.4 is 15.2 Å². The molecule has 0 heterocycles. The van der Waals surface area contributed by atoms with Crippen LogP contribution in [0.25, 0.3) is 0 Å². The summed E-state index contributed by atoms with van der Waals surface area (Å²) in [6, 6.07) is 6.42. The van der Waals surface area contributed by atoms with Gasteiger partial charge in [0, 0.05) is 6.54 Å². The van der Waals surface area contributed by atoms with Crippen LogP contribution in [0.2, 0.25) is 0 Å². The van der Waals surface area contributed by atoms with Gasteiger partial charge < -0.3 is 10.5 Å². The number of thiol groups is 1. The fraction of sp³-hybridized carbons (Fsp3) is 0.125. The Morgan fingerprint density at radius 2 is 1.88 bits per heavy atom. The van der Waals surface area contributed by atoms with E-state index in [2.05, 4.69) is 4.74 Å². The number of ether oxygens (including phenoxy) is 1. The van der Waals surface area contributed by atoms with Gasteiger partial charge in [0.25, 0.3) is 0 Å². The second kappa shape index (κ2) is 7.04. The largest absolute Gasteiger partial charge is 0.426 e. The Hall–Kier alpha value is -1.31. The van der Waals surface area contributed by atoms with Crippen LogP contribution in [0.5, 0.6) is 5.75 Å². The molecule has 0 fully saturated rings. The quantitative estimate of drug-likeness (QED) is 0.678. The summed E-state index contributed by atoms with van der Waals surface area (Å²) < 4.78 is 26.5. The molecule has 0 aliphatic carbocycles. The van der Waals surface area contributed by atoms with Gasteiger partial charge in [-0.15, -0.1) is 12.4 Å². The average molecular weight is 267 g/mol. The maximum atomic E-state index is 10.8. The Morgan fingerprint density at radius 3 is 2.31 bits per heavy atom. The molecule has 1 aromatic rings. The molecule has 0 atom stereocenters. The van der Waals surface area contributed by atoms with E-state index in [9.17, 15) is 13.2 Å². The molecule has 0 unspecified atom stereocenters. The number of amides is 1. The molecule has 8 heteroatoms. The van der Waals surface area contributed by atoms with Gasteiger partial charge in [0.2, 0.25) is 10.9 Å². The minimum absolute atomic E-state index is 0. The van der Waals surface area contributed by atoms with E-state index in [0.29, 0.717) is 6.54 Å². The number of nitrogens with one attached hydrogen (secondary N) is 1. The van der Waals surface area contributed by atoms with Gasteiger partial charge in [-0.25, -0.2) is 17.9 Å². The molecule has 3 N–H and O–H groups in total. The van der Waals surface area contributed by atoms with Crippen molar-refractivity contribution in [1.82, 2.24) is 4.72 Å². The van der Waals surface area contributed by atoms with E-state index in [1.807, 2.05) is 0 Å². The number of benzene rings is 1. The second-order valence-corrected chi connectivity index (χ2v) is 3.34. The normalized spacial score (nSPS) is 9.38. The van der Waals surface area contributed by atoms with E-state index in [0.717, 1.165) is 5.56 Å². The first-order valence-electron chi connectivity index (χ1n) is 4.03. The molecule has 0 bridgehead atoms. The van der Waals surface area contributed by atoms with Crippen molar-refractivity contribution < 1.29 is 17.9 Å². The van der Waals surface area contributed by atoms with Crippen LogP contribution in [-0.2, 0) is 17.4 Å². The minimum atomic E-state index is -2.99. The Kier molecular flexibility index (Phi) is 6.47. The molecule has 0 aliphatic heterocycles. The lowest BCUT2D eigenvalue weighted by Crippen LogP contribution is -2.25. The first-order chi connectivity index (χ1) is 7.11. The predicted octanol–water partition coefficient (Wildman–Crippen LogP) is 0.182. The number of hydrogen-bond donors (Lipinski definition) is 3. The van der Waals surface area contributed by atoms with Gasteiger partial charge in [0.1, 0.15) is 5.75 Å². The lowest BCUT2D eigenvalue weighted by atomic mass is 10.2. The van der Waals surface area contributed by atoms with Gasteiger partial charge in [-0.05, 0) is 17.7 Å². The topological polar surface area (TPSA) is 98.5 Å². The van der Waals surface area contributed by atoms with E-state index in [1.54, 1.807) is 16.9 Å². The van der Waals surface area contributed by atoms with Crippen LogP contribution in [-0.4, -0.2) is 14.5 Å². The minimum Gasteiger partial charge on any atom is -0.410 e.